The van der Waals surface area contributed by atoms with Gasteiger partial charge in [0.1, 0.15) is 0 Å². The molecule has 2 amide bonds. The van der Waals surface area contributed by atoms with Crippen molar-refractivity contribution in [3.8, 4) is 11.3 Å². The number of aromatic nitrogens is 2. The van der Waals surface area contributed by atoms with Crippen LogP contribution >= 0.6 is 0 Å². The molecule has 1 fully saturated rings. The van der Waals surface area contributed by atoms with Gasteiger partial charge in [-0.25, -0.2) is 4.98 Å². The van der Waals surface area contributed by atoms with E-state index < -0.39 is 17.6 Å². The number of rotatable bonds is 3. The van der Waals surface area contributed by atoms with Gasteiger partial charge >= 0.3 is 6.18 Å². The third-order valence-corrected chi connectivity index (χ3v) is 5.54. The van der Waals surface area contributed by atoms with Gasteiger partial charge in [0.2, 0.25) is 5.91 Å². The predicted octanol–water partition coefficient (Wildman–Crippen LogP) is 3.55. The molecule has 7 nitrogen and oxygen atoms in total. The van der Waals surface area contributed by atoms with Crippen LogP contribution in [0.15, 0.2) is 34.9 Å². The number of halogens is 3. The number of piperidine rings is 1. The topological polar surface area (TPSA) is 102 Å². The molecule has 0 unspecified atom stereocenters. The van der Waals surface area contributed by atoms with E-state index in [9.17, 15) is 22.8 Å². The molecule has 3 aromatic rings. The fraction of sp³-hybridized carbons (Fsp3) is 0.333. The fourth-order valence-corrected chi connectivity index (χ4v) is 3.89. The van der Waals surface area contributed by atoms with E-state index >= 15 is 0 Å². The summed E-state index contributed by atoms with van der Waals surface area (Å²) < 4.78 is 45.8. The molecule has 2 aromatic heterocycles. The van der Waals surface area contributed by atoms with Crippen molar-refractivity contribution in [3.63, 3.8) is 0 Å². The minimum atomic E-state index is -4.59. The highest BCUT2D eigenvalue weighted by molar-refractivity contribution is 6.07. The molecule has 1 aliphatic heterocycles. The molecule has 0 saturated carbocycles. The molecule has 1 aliphatic rings. The Bertz CT molecular complexity index is 1160. The molecule has 1 saturated heterocycles. The second kappa shape index (κ2) is 7.68. The standard InChI is InChI=1S/C21H19F3N4O3/c1-11-17-14(20(30)28-8-6-12(7-9-28)18(25)29)10-16(26-19(17)31-27-11)13-4-2-3-5-15(13)21(22,23)24/h2-5,10,12H,6-9H2,1H3,(H2,25,29). The van der Waals surface area contributed by atoms with Gasteiger partial charge in [0.25, 0.3) is 11.6 Å². The third-order valence-electron chi connectivity index (χ3n) is 5.54. The molecule has 1 aromatic carbocycles. The van der Waals surface area contributed by atoms with Crippen LogP contribution in [0.2, 0.25) is 0 Å². The lowest BCUT2D eigenvalue weighted by atomic mass is 9.95. The highest BCUT2D eigenvalue weighted by Gasteiger charge is 2.35. The smallest absolute Gasteiger partial charge is 0.369 e. The number of hydrogen-bond acceptors (Lipinski definition) is 5. The van der Waals surface area contributed by atoms with E-state index in [0.717, 1.165) is 6.07 Å². The maximum atomic E-state index is 13.5. The number of carbonyl (C=O) groups is 2. The van der Waals surface area contributed by atoms with Crippen molar-refractivity contribution in [3.05, 3.63) is 47.2 Å². The number of pyridine rings is 1. The van der Waals surface area contributed by atoms with Gasteiger partial charge in [-0.05, 0) is 31.9 Å². The molecule has 3 heterocycles. The number of likely N-dealkylation sites (tertiary alicyclic amines) is 1. The molecule has 10 heteroatoms. The molecule has 0 aliphatic carbocycles. The van der Waals surface area contributed by atoms with E-state index in [-0.39, 0.29) is 34.4 Å². The van der Waals surface area contributed by atoms with Gasteiger partial charge in [-0.3, -0.25) is 9.59 Å². The number of primary amides is 1. The van der Waals surface area contributed by atoms with E-state index in [2.05, 4.69) is 10.1 Å². The van der Waals surface area contributed by atoms with Crippen molar-refractivity contribution in [2.45, 2.75) is 25.9 Å². The van der Waals surface area contributed by atoms with E-state index in [0.29, 0.717) is 37.0 Å². The number of fused-ring (bicyclic) bond motifs is 1. The van der Waals surface area contributed by atoms with Gasteiger partial charge in [-0.1, -0.05) is 23.4 Å². The predicted molar refractivity (Wildman–Crippen MR) is 105 cm³/mol. The Labute approximate surface area is 175 Å². The molecule has 0 radical (unpaired) electrons. The lowest BCUT2D eigenvalue weighted by molar-refractivity contribution is -0.137. The molecule has 2 N–H and O–H groups in total. The quantitative estimate of drug-likeness (QED) is 0.682. The summed E-state index contributed by atoms with van der Waals surface area (Å²) in [5.41, 5.74) is 4.85. The molecule has 162 valence electrons. The maximum Gasteiger partial charge on any atom is 0.417 e. The Kier molecular flexibility index (Phi) is 5.16. The van der Waals surface area contributed by atoms with Crippen molar-refractivity contribution in [2.24, 2.45) is 11.7 Å². The van der Waals surface area contributed by atoms with Crippen LogP contribution in [0.5, 0.6) is 0 Å². The number of carbonyl (C=O) groups excluding carboxylic acids is 2. The van der Waals surface area contributed by atoms with Crippen molar-refractivity contribution in [1.29, 1.82) is 0 Å². The zero-order valence-corrected chi connectivity index (χ0v) is 16.6. The summed E-state index contributed by atoms with van der Waals surface area (Å²) >= 11 is 0. The van der Waals surface area contributed by atoms with Gasteiger partial charge in [0.05, 0.1) is 27.9 Å². The van der Waals surface area contributed by atoms with Crippen molar-refractivity contribution in [2.75, 3.05) is 13.1 Å². The zero-order chi connectivity index (χ0) is 22.3. The fourth-order valence-electron chi connectivity index (χ4n) is 3.89. The number of hydrogen-bond donors (Lipinski definition) is 1. The number of amides is 2. The monoisotopic (exact) mass is 432 g/mol. The van der Waals surface area contributed by atoms with E-state index in [1.807, 2.05) is 0 Å². The zero-order valence-electron chi connectivity index (χ0n) is 16.6. The number of nitrogens with two attached hydrogens (primary N) is 1. The summed E-state index contributed by atoms with van der Waals surface area (Å²) in [6.07, 6.45) is -3.73. The number of alkyl halides is 3. The van der Waals surface area contributed by atoms with Crippen molar-refractivity contribution in [1.82, 2.24) is 15.0 Å². The van der Waals surface area contributed by atoms with Crippen molar-refractivity contribution < 1.29 is 27.3 Å². The van der Waals surface area contributed by atoms with Gasteiger partial charge in [0, 0.05) is 24.6 Å². The Morgan fingerprint density at radius 1 is 1.19 bits per heavy atom. The van der Waals surface area contributed by atoms with Crippen LogP contribution in [0.25, 0.3) is 22.4 Å². The first-order valence-electron chi connectivity index (χ1n) is 9.69. The summed E-state index contributed by atoms with van der Waals surface area (Å²) in [7, 11) is 0. The first-order valence-corrected chi connectivity index (χ1v) is 9.69. The van der Waals surface area contributed by atoms with Gasteiger partial charge < -0.3 is 15.2 Å². The Morgan fingerprint density at radius 2 is 1.87 bits per heavy atom. The number of aryl methyl sites for hydroxylation is 1. The summed E-state index contributed by atoms with van der Waals surface area (Å²) in [5, 5.41) is 4.19. The van der Waals surface area contributed by atoms with Crippen LogP contribution < -0.4 is 5.73 Å². The van der Waals surface area contributed by atoms with Crippen molar-refractivity contribution >= 4 is 22.9 Å². The van der Waals surface area contributed by atoms with Gasteiger partial charge in [-0.15, -0.1) is 0 Å². The highest BCUT2D eigenvalue weighted by Crippen LogP contribution is 2.38. The average molecular weight is 432 g/mol. The summed E-state index contributed by atoms with van der Waals surface area (Å²) in [5.74, 6) is -1.08. The minimum Gasteiger partial charge on any atom is -0.369 e. The third kappa shape index (κ3) is 3.85. The molecular formula is C21H19F3N4O3. The molecular weight excluding hydrogens is 413 g/mol. The number of benzene rings is 1. The van der Waals surface area contributed by atoms with Crippen LogP contribution in [0, 0.1) is 12.8 Å². The first kappa shape index (κ1) is 20.8. The molecule has 4 rings (SSSR count). The van der Waals surface area contributed by atoms with Gasteiger partial charge in [0.15, 0.2) is 0 Å². The average Bonchev–Trinajstić information content (AvgIpc) is 3.13. The SMILES string of the molecule is Cc1noc2nc(-c3ccccc3C(F)(F)F)cc(C(=O)N3CCC(C(N)=O)CC3)c12. The molecule has 0 spiro atoms. The number of nitrogens with zero attached hydrogens (tertiary/aromatic N) is 3. The van der Waals surface area contributed by atoms with E-state index in [4.69, 9.17) is 10.3 Å². The second-order valence-corrected chi connectivity index (χ2v) is 7.52. The van der Waals surface area contributed by atoms with Crippen LogP contribution in [-0.2, 0) is 11.0 Å². The van der Waals surface area contributed by atoms with E-state index in [1.165, 1.54) is 24.3 Å². The van der Waals surface area contributed by atoms with Gasteiger partial charge in [-0.2, -0.15) is 13.2 Å². The lowest BCUT2D eigenvalue weighted by Crippen LogP contribution is -2.41. The molecule has 0 atom stereocenters. The summed E-state index contributed by atoms with van der Waals surface area (Å²) in [6, 6.07) is 6.37. The maximum absolute atomic E-state index is 13.5. The Morgan fingerprint density at radius 3 is 2.52 bits per heavy atom. The van der Waals surface area contributed by atoms with Crippen LogP contribution in [0.3, 0.4) is 0 Å². The summed E-state index contributed by atoms with van der Waals surface area (Å²) in [6.45, 7) is 2.26. The minimum absolute atomic E-state index is 0.0117. The molecule has 31 heavy (non-hydrogen) atoms. The first-order chi connectivity index (χ1) is 14.7. The Balaban J connectivity index is 1.79. The summed E-state index contributed by atoms with van der Waals surface area (Å²) in [4.78, 5) is 30.5. The van der Waals surface area contributed by atoms with Crippen LogP contribution in [-0.4, -0.2) is 39.9 Å². The van der Waals surface area contributed by atoms with E-state index in [1.54, 1.807) is 11.8 Å². The largest absolute Gasteiger partial charge is 0.417 e. The molecule has 0 bridgehead atoms. The Hall–Kier alpha value is -3.43. The van der Waals surface area contributed by atoms with Crippen LogP contribution in [0.1, 0.15) is 34.5 Å². The normalized spacial score (nSPS) is 15.4. The highest BCUT2D eigenvalue weighted by atomic mass is 19.4. The second-order valence-electron chi connectivity index (χ2n) is 7.52. The lowest BCUT2D eigenvalue weighted by Gasteiger charge is -2.30. The van der Waals surface area contributed by atoms with Crippen LogP contribution in [0.4, 0.5) is 13.2 Å².